The highest BCUT2D eigenvalue weighted by atomic mass is 16.1. The third kappa shape index (κ3) is 2.83. The van der Waals surface area contributed by atoms with E-state index < -0.39 is 0 Å². The highest BCUT2D eigenvalue weighted by Gasteiger charge is 2.22. The molecule has 1 heteroatoms. The molecule has 14 heavy (non-hydrogen) atoms. The SMILES string of the molecule is CC(C)/C=C1\CC/C(=C\C(C)C)C1=O. The number of allylic oxidation sites excluding steroid dienone is 4. The summed E-state index contributed by atoms with van der Waals surface area (Å²) in [7, 11) is 0. The van der Waals surface area contributed by atoms with Crippen molar-refractivity contribution in [3.63, 3.8) is 0 Å². The number of hydrogen-bond acceptors (Lipinski definition) is 1. The topological polar surface area (TPSA) is 17.1 Å². The zero-order valence-corrected chi connectivity index (χ0v) is 9.63. The molecule has 0 unspecified atom stereocenters. The first-order valence-corrected chi connectivity index (χ1v) is 5.46. The maximum absolute atomic E-state index is 11.8. The fourth-order valence-electron chi connectivity index (χ4n) is 1.83. The van der Waals surface area contributed by atoms with E-state index in [1.807, 2.05) is 0 Å². The molecular weight excluding hydrogens is 172 g/mol. The van der Waals surface area contributed by atoms with Gasteiger partial charge in [0.1, 0.15) is 0 Å². The Kier molecular flexibility index (Phi) is 3.68. The Morgan fingerprint density at radius 3 is 1.57 bits per heavy atom. The Labute approximate surface area is 86.9 Å². The molecular formula is C13H20O. The van der Waals surface area contributed by atoms with Crippen LogP contribution in [0.4, 0.5) is 0 Å². The third-order valence-corrected chi connectivity index (χ3v) is 2.32. The molecule has 0 spiro atoms. The maximum atomic E-state index is 11.8. The van der Waals surface area contributed by atoms with E-state index in [2.05, 4.69) is 39.8 Å². The van der Waals surface area contributed by atoms with Gasteiger partial charge < -0.3 is 0 Å². The molecule has 1 nitrogen and oxygen atoms in total. The first-order valence-electron chi connectivity index (χ1n) is 5.46. The summed E-state index contributed by atoms with van der Waals surface area (Å²) in [5, 5.41) is 0. The van der Waals surface area contributed by atoms with Crippen LogP contribution in [0.25, 0.3) is 0 Å². The molecule has 0 aromatic heterocycles. The molecule has 1 saturated carbocycles. The number of ketones is 1. The molecule has 0 aliphatic heterocycles. The average molecular weight is 192 g/mol. The molecule has 0 heterocycles. The number of rotatable bonds is 2. The van der Waals surface area contributed by atoms with Gasteiger partial charge in [-0.05, 0) is 35.8 Å². The molecule has 0 radical (unpaired) electrons. The number of carbonyl (C=O) groups excluding carboxylic acids is 1. The molecule has 0 amide bonds. The number of hydrogen-bond donors (Lipinski definition) is 0. The van der Waals surface area contributed by atoms with E-state index in [1.165, 1.54) is 0 Å². The van der Waals surface area contributed by atoms with Crippen LogP contribution in [0, 0.1) is 11.8 Å². The fraction of sp³-hybridized carbons (Fsp3) is 0.615. The van der Waals surface area contributed by atoms with Crippen molar-refractivity contribution in [2.45, 2.75) is 40.5 Å². The summed E-state index contributed by atoms with van der Waals surface area (Å²) < 4.78 is 0. The van der Waals surface area contributed by atoms with Crippen molar-refractivity contribution < 1.29 is 4.79 Å². The second-order valence-corrected chi connectivity index (χ2v) is 4.70. The van der Waals surface area contributed by atoms with Crippen molar-refractivity contribution in [3.05, 3.63) is 23.3 Å². The third-order valence-electron chi connectivity index (χ3n) is 2.32. The average Bonchev–Trinajstić information content (AvgIpc) is 2.34. The van der Waals surface area contributed by atoms with E-state index in [4.69, 9.17) is 0 Å². The van der Waals surface area contributed by atoms with Gasteiger partial charge in [-0.3, -0.25) is 4.79 Å². The lowest BCUT2D eigenvalue weighted by Crippen LogP contribution is -1.98. The van der Waals surface area contributed by atoms with Gasteiger partial charge in [-0.25, -0.2) is 0 Å². The first kappa shape index (κ1) is 11.2. The van der Waals surface area contributed by atoms with Gasteiger partial charge in [-0.15, -0.1) is 0 Å². The van der Waals surface area contributed by atoms with Gasteiger partial charge in [0.05, 0.1) is 0 Å². The minimum Gasteiger partial charge on any atom is -0.289 e. The Hall–Kier alpha value is -0.850. The molecule has 0 aromatic carbocycles. The highest BCUT2D eigenvalue weighted by Crippen LogP contribution is 2.27. The monoisotopic (exact) mass is 192 g/mol. The van der Waals surface area contributed by atoms with Crippen LogP contribution in [0.15, 0.2) is 23.3 Å². The summed E-state index contributed by atoms with van der Waals surface area (Å²) in [6.45, 7) is 8.46. The lowest BCUT2D eigenvalue weighted by Gasteiger charge is -1.99. The van der Waals surface area contributed by atoms with Gasteiger partial charge in [-0.2, -0.15) is 0 Å². The minimum absolute atomic E-state index is 0.285. The van der Waals surface area contributed by atoms with Gasteiger partial charge in [0, 0.05) is 0 Å². The van der Waals surface area contributed by atoms with E-state index in [9.17, 15) is 4.79 Å². The highest BCUT2D eigenvalue weighted by molar-refractivity contribution is 6.10. The predicted octanol–water partition coefficient (Wildman–Crippen LogP) is 3.51. The predicted molar refractivity (Wildman–Crippen MR) is 60.1 cm³/mol. The fourth-order valence-corrected chi connectivity index (χ4v) is 1.83. The van der Waals surface area contributed by atoms with Gasteiger partial charge in [0.2, 0.25) is 0 Å². The second-order valence-electron chi connectivity index (χ2n) is 4.70. The quantitative estimate of drug-likeness (QED) is 0.612. The van der Waals surface area contributed by atoms with Crippen LogP contribution >= 0.6 is 0 Å². The van der Waals surface area contributed by atoms with E-state index in [-0.39, 0.29) is 5.78 Å². The van der Waals surface area contributed by atoms with Crippen LogP contribution in [0.5, 0.6) is 0 Å². The molecule has 0 N–H and O–H groups in total. The molecule has 1 aliphatic carbocycles. The van der Waals surface area contributed by atoms with Crippen LogP contribution in [0.3, 0.4) is 0 Å². The summed E-state index contributed by atoms with van der Waals surface area (Å²) in [6.07, 6.45) is 6.08. The van der Waals surface area contributed by atoms with Crippen LogP contribution < -0.4 is 0 Å². The molecule has 1 rings (SSSR count). The summed E-state index contributed by atoms with van der Waals surface area (Å²) in [5.41, 5.74) is 2.04. The van der Waals surface area contributed by atoms with E-state index >= 15 is 0 Å². The Morgan fingerprint density at radius 2 is 1.29 bits per heavy atom. The molecule has 0 bridgehead atoms. The van der Waals surface area contributed by atoms with Crippen molar-refractivity contribution in [2.75, 3.05) is 0 Å². The molecule has 0 aromatic rings. The maximum Gasteiger partial charge on any atom is 0.184 e. The van der Waals surface area contributed by atoms with Gasteiger partial charge in [0.25, 0.3) is 0 Å². The van der Waals surface area contributed by atoms with Crippen LogP contribution in [-0.4, -0.2) is 5.78 Å². The van der Waals surface area contributed by atoms with Crippen molar-refractivity contribution in [1.29, 1.82) is 0 Å². The van der Waals surface area contributed by atoms with Gasteiger partial charge in [-0.1, -0.05) is 39.8 Å². The van der Waals surface area contributed by atoms with Crippen molar-refractivity contribution in [1.82, 2.24) is 0 Å². The molecule has 78 valence electrons. The van der Waals surface area contributed by atoms with Crippen molar-refractivity contribution >= 4 is 5.78 Å². The van der Waals surface area contributed by atoms with Crippen LogP contribution in [0.1, 0.15) is 40.5 Å². The summed E-state index contributed by atoms with van der Waals surface area (Å²) in [5.74, 6) is 1.24. The van der Waals surface area contributed by atoms with E-state index in [0.717, 1.165) is 24.0 Å². The smallest absolute Gasteiger partial charge is 0.184 e. The number of Topliss-reactive ketones (excluding diaryl/α,β-unsaturated/α-hetero) is 1. The lowest BCUT2D eigenvalue weighted by molar-refractivity contribution is -0.111. The Balaban J connectivity index is 2.79. The Morgan fingerprint density at radius 1 is 0.929 bits per heavy atom. The zero-order valence-electron chi connectivity index (χ0n) is 9.63. The van der Waals surface area contributed by atoms with Crippen LogP contribution in [0.2, 0.25) is 0 Å². The summed E-state index contributed by atoms with van der Waals surface area (Å²) >= 11 is 0. The van der Waals surface area contributed by atoms with Crippen LogP contribution in [-0.2, 0) is 4.79 Å². The first-order chi connectivity index (χ1) is 6.50. The van der Waals surface area contributed by atoms with E-state index in [1.54, 1.807) is 0 Å². The zero-order chi connectivity index (χ0) is 10.7. The van der Waals surface area contributed by atoms with Gasteiger partial charge in [0.15, 0.2) is 5.78 Å². The molecule has 1 aliphatic rings. The molecule has 1 fully saturated rings. The Bertz CT molecular complexity index is 252. The second kappa shape index (κ2) is 4.59. The summed E-state index contributed by atoms with van der Waals surface area (Å²) in [4.78, 5) is 11.8. The minimum atomic E-state index is 0.285. The van der Waals surface area contributed by atoms with Gasteiger partial charge >= 0.3 is 0 Å². The normalized spacial score (nSPS) is 23.4. The largest absolute Gasteiger partial charge is 0.289 e. The van der Waals surface area contributed by atoms with Crippen molar-refractivity contribution in [3.8, 4) is 0 Å². The number of carbonyl (C=O) groups is 1. The lowest BCUT2D eigenvalue weighted by atomic mass is 10.1. The molecule has 0 atom stereocenters. The summed E-state index contributed by atoms with van der Waals surface area (Å²) in [6, 6.07) is 0. The standard InChI is InChI=1S/C13H20O/c1-9(2)7-11-5-6-12(13(11)14)8-10(3)4/h7-10H,5-6H2,1-4H3/b11-7+,12-8+. The van der Waals surface area contributed by atoms with Crippen molar-refractivity contribution in [2.24, 2.45) is 11.8 Å². The van der Waals surface area contributed by atoms with E-state index in [0.29, 0.717) is 11.8 Å². The molecule has 0 saturated heterocycles.